The molecular formula is C26H34N2O2. The molecule has 1 saturated carbocycles. The number of fused-ring (bicyclic) bond motifs is 3. The highest BCUT2D eigenvalue weighted by Crippen LogP contribution is 2.49. The van der Waals surface area contributed by atoms with Crippen molar-refractivity contribution in [3.8, 4) is 5.75 Å². The van der Waals surface area contributed by atoms with Gasteiger partial charge >= 0.3 is 0 Å². The number of benzene rings is 1. The highest BCUT2D eigenvalue weighted by atomic mass is 16.5. The van der Waals surface area contributed by atoms with Gasteiger partial charge in [0.1, 0.15) is 11.4 Å². The molecule has 3 aliphatic rings. The van der Waals surface area contributed by atoms with E-state index in [-0.39, 0.29) is 11.8 Å². The summed E-state index contributed by atoms with van der Waals surface area (Å²) in [5.74, 6) is 1.54. The highest BCUT2D eigenvalue weighted by molar-refractivity contribution is 5.45. The van der Waals surface area contributed by atoms with Crippen LogP contribution < -0.4 is 4.74 Å². The number of likely N-dealkylation sites (tertiary alicyclic amines) is 1. The summed E-state index contributed by atoms with van der Waals surface area (Å²) in [6.45, 7) is 7.61. The maximum absolute atomic E-state index is 11.9. The molecular weight excluding hydrogens is 372 g/mol. The fourth-order valence-electron chi connectivity index (χ4n) is 6.27. The molecule has 2 bridgehead atoms. The van der Waals surface area contributed by atoms with Gasteiger partial charge in [-0.15, -0.1) is 0 Å². The molecule has 4 heteroatoms. The molecule has 2 fully saturated rings. The van der Waals surface area contributed by atoms with Crippen LogP contribution in [0.25, 0.3) is 0 Å². The van der Waals surface area contributed by atoms with E-state index in [1.54, 1.807) is 0 Å². The monoisotopic (exact) mass is 406 g/mol. The summed E-state index contributed by atoms with van der Waals surface area (Å²) in [7, 11) is 0. The molecule has 1 aliphatic heterocycles. The summed E-state index contributed by atoms with van der Waals surface area (Å²) in [5.41, 5.74) is 5.52. The molecule has 2 heterocycles. The van der Waals surface area contributed by atoms with Crippen LogP contribution in [0.1, 0.15) is 60.6 Å². The van der Waals surface area contributed by atoms with Gasteiger partial charge in [-0.25, -0.2) is 0 Å². The number of nitrogens with zero attached hydrogens (tertiary/aromatic N) is 2. The molecule has 5 rings (SSSR count). The number of hydrogen-bond donors (Lipinski definition) is 1. The van der Waals surface area contributed by atoms with Crippen LogP contribution in [0.2, 0.25) is 0 Å². The average Bonchev–Trinajstić information content (AvgIpc) is 3.17. The Hall–Kier alpha value is -1.91. The zero-order valence-corrected chi connectivity index (χ0v) is 18.4. The van der Waals surface area contributed by atoms with Gasteiger partial charge in [-0.1, -0.05) is 18.6 Å². The zero-order valence-electron chi connectivity index (χ0n) is 18.4. The van der Waals surface area contributed by atoms with Gasteiger partial charge in [-0.2, -0.15) is 0 Å². The maximum atomic E-state index is 11.9. The van der Waals surface area contributed by atoms with Gasteiger partial charge in [0.25, 0.3) is 0 Å². The van der Waals surface area contributed by atoms with Gasteiger partial charge in [0, 0.05) is 43.2 Å². The summed E-state index contributed by atoms with van der Waals surface area (Å²) >= 11 is 0. The van der Waals surface area contributed by atoms with E-state index in [2.05, 4.69) is 41.9 Å². The Balaban J connectivity index is 1.41. The number of aromatic nitrogens is 1. The third kappa shape index (κ3) is 3.34. The fourth-order valence-corrected chi connectivity index (χ4v) is 6.27. The van der Waals surface area contributed by atoms with Crippen LogP contribution in [0, 0.1) is 18.8 Å². The van der Waals surface area contributed by atoms with Crippen LogP contribution in [0.3, 0.4) is 0 Å². The topological polar surface area (TPSA) is 45.6 Å². The molecule has 30 heavy (non-hydrogen) atoms. The van der Waals surface area contributed by atoms with E-state index < -0.39 is 5.60 Å². The van der Waals surface area contributed by atoms with E-state index in [1.165, 1.54) is 42.4 Å². The third-order valence-electron chi connectivity index (χ3n) is 7.66. The summed E-state index contributed by atoms with van der Waals surface area (Å²) in [5, 5.41) is 11.9. The second-order valence-electron chi connectivity index (χ2n) is 9.53. The van der Waals surface area contributed by atoms with Gasteiger partial charge in [0.2, 0.25) is 0 Å². The molecule has 160 valence electrons. The molecule has 4 nitrogen and oxygen atoms in total. The predicted molar refractivity (Wildman–Crippen MR) is 119 cm³/mol. The molecule has 1 aromatic carbocycles. The molecule has 1 saturated heterocycles. The van der Waals surface area contributed by atoms with E-state index in [0.717, 1.165) is 49.5 Å². The molecule has 0 spiro atoms. The first-order chi connectivity index (χ1) is 14.6. The van der Waals surface area contributed by atoms with Crippen molar-refractivity contribution in [2.75, 3.05) is 19.7 Å². The normalized spacial score (nSPS) is 28.4. The second kappa shape index (κ2) is 7.97. The van der Waals surface area contributed by atoms with E-state index in [0.29, 0.717) is 6.61 Å². The number of ether oxygens (including phenoxy) is 1. The smallest absolute Gasteiger partial charge is 0.124 e. The van der Waals surface area contributed by atoms with Crippen molar-refractivity contribution >= 4 is 0 Å². The molecule has 2 unspecified atom stereocenters. The minimum Gasteiger partial charge on any atom is -0.494 e. The fraction of sp³-hybridized carbons (Fsp3) is 0.577. The third-order valence-corrected chi connectivity index (χ3v) is 7.66. The summed E-state index contributed by atoms with van der Waals surface area (Å²) < 4.78 is 6.04. The molecule has 2 aliphatic carbocycles. The summed E-state index contributed by atoms with van der Waals surface area (Å²) in [6.07, 6.45) is 8.82. The Morgan fingerprint density at radius 3 is 2.57 bits per heavy atom. The molecule has 2 atom stereocenters. The SMILES string of the molecule is CCOc1cc2c(cc1CN1CC3CCCC(C1)C3(O)c1ncccc1C)CCC2. The van der Waals surface area contributed by atoms with Crippen molar-refractivity contribution in [1.29, 1.82) is 0 Å². The van der Waals surface area contributed by atoms with Gasteiger partial charge in [-0.3, -0.25) is 9.88 Å². The number of pyridine rings is 1. The summed E-state index contributed by atoms with van der Waals surface area (Å²) in [6, 6.07) is 8.74. The van der Waals surface area contributed by atoms with Gasteiger partial charge < -0.3 is 9.84 Å². The molecule has 0 radical (unpaired) electrons. The Morgan fingerprint density at radius 2 is 1.87 bits per heavy atom. The predicted octanol–water partition coefficient (Wildman–Crippen LogP) is 4.40. The van der Waals surface area contributed by atoms with Crippen molar-refractivity contribution in [3.63, 3.8) is 0 Å². The van der Waals surface area contributed by atoms with E-state index in [1.807, 2.05) is 12.3 Å². The second-order valence-corrected chi connectivity index (χ2v) is 9.53. The van der Waals surface area contributed by atoms with Crippen molar-refractivity contribution in [2.45, 2.75) is 64.5 Å². The van der Waals surface area contributed by atoms with Crippen molar-refractivity contribution < 1.29 is 9.84 Å². The number of piperidine rings is 1. The molecule has 1 aromatic heterocycles. The Bertz CT molecular complexity index is 911. The summed E-state index contributed by atoms with van der Waals surface area (Å²) in [4.78, 5) is 7.21. The number of aryl methyl sites for hydroxylation is 3. The first kappa shape index (κ1) is 20.0. The first-order valence-corrected chi connectivity index (χ1v) is 11.7. The lowest BCUT2D eigenvalue weighted by atomic mass is 9.63. The minimum absolute atomic E-state index is 0.239. The van der Waals surface area contributed by atoms with Crippen molar-refractivity contribution in [2.24, 2.45) is 11.8 Å². The van der Waals surface area contributed by atoms with Gasteiger partial charge in [-0.05, 0) is 74.8 Å². The highest BCUT2D eigenvalue weighted by Gasteiger charge is 2.52. The number of rotatable bonds is 5. The largest absolute Gasteiger partial charge is 0.494 e. The number of hydrogen-bond acceptors (Lipinski definition) is 4. The van der Waals surface area contributed by atoms with Crippen LogP contribution >= 0.6 is 0 Å². The Kier molecular flexibility index (Phi) is 5.32. The lowest BCUT2D eigenvalue weighted by Gasteiger charge is -2.53. The number of aliphatic hydroxyl groups is 1. The van der Waals surface area contributed by atoms with Crippen LogP contribution in [-0.2, 0) is 25.0 Å². The standard InChI is InChI=1S/C26H34N2O2/c1-3-30-24-14-20-9-4-8-19(20)13-21(24)15-28-16-22-10-5-11-23(17-28)26(22,29)25-18(2)7-6-12-27-25/h6-7,12-14,22-23,29H,3-5,8-11,15-17H2,1-2H3. The molecule has 2 aromatic rings. The molecule has 0 amide bonds. The lowest BCUT2D eigenvalue weighted by molar-refractivity contribution is -0.151. The first-order valence-electron chi connectivity index (χ1n) is 11.7. The van der Waals surface area contributed by atoms with E-state index >= 15 is 0 Å². The van der Waals surface area contributed by atoms with Gasteiger partial charge in [0.15, 0.2) is 0 Å². The van der Waals surface area contributed by atoms with Gasteiger partial charge in [0.05, 0.1) is 12.3 Å². The lowest BCUT2D eigenvalue weighted by Crippen LogP contribution is -2.58. The zero-order chi connectivity index (χ0) is 20.7. The molecule has 1 N–H and O–H groups in total. The van der Waals surface area contributed by atoms with Crippen LogP contribution in [0.15, 0.2) is 30.5 Å². The average molecular weight is 407 g/mol. The van der Waals surface area contributed by atoms with Crippen molar-refractivity contribution in [1.82, 2.24) is 9.88 Å². The van der Waals surface area contributed by atoms with Crippen LogP contribution in [0.4, 0.5) is 0 Å². The van der Waals surface area contributed by atoms with E-state index in [4.69, 9.17) is 4.74 Å². The minimum atomic E-state index is -0.791. The Labute approximate surface area is 180 Å². The maximum Gasteiger partial charge on any atom is 0.124 e. The van der Waals surface area contributed by atoms with Crippen molar-refractivity contribution in [3.05, 3.63) is 58.4 Å². The van der Waals surface area contributed by atoms with E-state index in [9.17, 15) is 5.11 Å². The van der Waals surface area contributed by atoms with Crippen LogP contribution in [-0.4, -0.2) is 34.7 Å². The van der Waals surface area contributed by atoms with Crippen LogP contribution in [0.5, 0.6) is 5.75 Å². The quantitative estimate of drug-likeness (QED) is 0.800. The Morgan fingerprint density at radius 1 is 1.13 bits per heavy atom.